The summed E-state index contributed by atoms with van der Waals surface area (Å²) in [5.41, 5.74) is 0. The van der Waals surface area contributed by atoms with Gasteiger partial charge in [-0.05, 0) is 24.7 Å². The Morgan fingerprint density at radius 1 is 0.900 bits per heavy atom. The molecule has 0 radical (unpaired) electrons. The van der Waals surface area contributed by atoms with E-state index in [1.54, 1.807) is 0 Å². The van der Waals surface area contributed by atoms with E-state index >= 15 is 0 Å². The van der Waals surface area contributed by atoms with Crippen LogP contribution in [0, 0.1) is 11.8 Å². The van der Waals surface area contributed by atoms with Crippen molar-refractivity contribution in [3.8, 4) is 0 Å². The summed E-state index contributed by atoms with van der Waals surface area (Å²) in [6, 6.07) is 0. The van der Waals surface area contributed by atoms with E-state index in [4.69, 9.17) is 0 Å². The van der Waals surface area contributed by atoms with Gasteiger partial charge in [-0.25, -0.2) is 0 Å². The first-order valence-corrected chi connectivity index (χ1v) is 3.83. The molecule has 0 aromatic carbocycles. The van der Waals surface area contributed by atoms with E-state index in [-0.39, 0.29) is 11.6 Å². The number of hydrogen-bond donors (Lipinski definition) is 0. The van der Waals surface area contributed by atoms with Crippen LogP contribution < -0.4 is 0 Å². The predicted octanol–water partition coefficient (Wildman–Crippen LogP) is 0.945. The molecule has 2 heteroatoms. The van der Waals surface area contributed by atoms with Crippen molar-refractivity contribution in [3.05, 3.63) is 0 Å². The zero-order valence-electron chi connectivity index (χ0n) is 5.80. The van der Waals surface area contributed by atoms with Crippen LogP contribution in [0.1, 0.15) is 25.7 Å². The van der Waals surface area contributed by atoms with Crippen molar-refractivity contribution in [1.82, 2.24) is 0 Å². The van der Waals surface area contributed by atoms with Gasteiger partial charge in [0.2, 0.25) is 0 Å². The summed E-state index contributed by atoms with van der Waals surface area (Å²) in [7, 11) is 0. The van der Waals surface area contributed by atoms with Crippen LogP contribution in [0.5, 0.6) is 0 Å². The highest BCUT2D eigenvalue weighted by Gasteiger charge is 2.40. The minimum absolute atomic E-state index is 0.124. The summed E-state index contributed by atoms with van der Waals surface area (Å²) in [6.45, 7) is 0. The molecule has 2 unspecified atom stereocenters. The highest BCUT2D eigenvalue weighted by Crippen LogP contribution is 2.42. The quantitative estimate of drug-likeness (QED) is 0.467. The maximum atomic E-state index is 10.8. The van der Waals surface area contributed by atoms with Gasteiger partial charge < -0.3 is 0 Å². The van der Waals surface area contributed by atoms with Crippen molar-refractivity contribution in [1.29, 1.82) is 0 Å². The first-order chi connectivity index (χ1) is 4.77. The van der Waals surface area contributed by atoms with Crippen LogP contribution in [0.2, 0.25) is 0 Å². The fourth-order valence-corrected chi connectivity index (χ4v) is 1.88. The molecule has 0 saturated heterocycles. The Bertz CT molecular complexity index is 173. The predicted molar refractivity (Wildman–Crippen MR) is 35.5 cm³/mol. The van der Waals surface area contributed by atoms with E-state index in [1.165, 1.54) is 12.8 Å². The molecule has 0 aromatic rings. The Labute approximate surface area is 59.6 Å². The molecule has 0 N–H and O–H groups in total. The molecule has 54 valence electrons. The number of hydrogen-bond acceptors (Lipinski definition) is 2. The minimum atomic E-state index is -0.124. The van der Waals surface area contributed by atoms with E-state index in [1.807, 2.05) is 0 Å². The zero-order valence-corrected chi connectivity index (χ0v) is 5.80. The van der Waals surface area contributed by atoms with Gasteiger partial charge in [0.1, 0.15) is 0 Å². The van der Waals surface area contributed by atoms with Crippen molar-refractivity contribution in [3.63, 3.8) is 0 Å². The number of rotatable bonds is 0. The number of Topliss-reactive ketones (excluding diaryl/α,β-unsaturated/α-hetero) is 2. The lowest BCUT2D eigenvalue weighted by atomic mass is 9.65. The van der Waals surface area contributed by atoms with Crippen LogP contribution >= 0.6 is 0 Å². The van der Waals surface area contributed by atoms with Gasteiger partial charge >= 0.3 is 0 Å². The molecule has 0 aromatic heterocycles. The van der Waals surface area contributed by atoms with Gasteiger partial charge in [-0.1, -0.05) is 0 Å². The van der Waals surface area contributed by atoms with Crippen molar-refractivity contribution in [2.75, 3.05) is 0 Å². The third-order valence-electron chi connectivity index (χ3n) is 2.78. The smallest absolute Gasteiger partial charge is 0.198 e. The molecule has 2 fully saturated rings. The lowest BCUT2D eigenvalue weighted by Gasteiger charge is -2.38. The SMILES string of the molecule is O=C1CC2CCC2CC1=O. The monoisotopic (exact) mass is 138 g/mol. The molecule has 2 aliphatic carbocycles. The summed E-state index contributed by atoms with van der Waals surface area (Å²) in [5.74, 6) is 0.900. The summed E-state index contributed by atoms with van der Waals surface area (Å²) >= 11 is 0. The van der Waals surface area contributed by atoms with Crippen LogP contribution in [0.4, 0.5) is 0 Å². The highest BCUT2D eigenvalue weighted by molar-refractivity contribution is 6.37. The first-order valence-electron chi connectivity index (χ1n) is 3.83. The van der Waals surface area contributed by atoms with Gasteiger partial charge in [0.15, 0.2) is 11.6 Å². The van der Waals surface area contributed by atoms with E-state index in [0.717, 1.165) is 0 Å². The second-order valence-electron chi connectivity index (χ2n) is 3.35. The van der Waals surface area contributed by atoms with Crippen molar-refractivity contribution in [2.45, 2.75) is 25.7 Å². The lowest BCUT2D eigenvalue weighted by molar-refractivity contribution is -0.142. The normalized spacial score (nSPS) is 38.8. The minimum Gasteiger partial charge on any atom is -0.291 e. The van der Waals surface area contributed by atoms with E-state index in [0.29, 0.717) is 24.7 Å². The molecule has 2 aliphatic rings. The summed E-state index contributed by atoms with van der Waals surface area (Å²) in [4.78, 5) is 21.7. The van der Waals surface area contributed by atoms with Crippen molar-refractivity contribution in [2.24, 2.45) is 11.8 Å². The Morgan fingerprint density at radius 2 is 1.30 bits per heavy atom. The third-order valence-corrected chi connectivity index (χ3v) is 2.78. The number of ketones is 2. The van der Waals surface area contributed by atoms with Gasteiger partial charge in [-0.2, -0.15) is 0 Å². The third kappa shape index (κ3) is 0.713. The number of carbonyl (C=O) groups is 2. The maximum absolute atomic E-state index is 10.8. The summed E-state index contributed by atoms with van der Waals surface area (Å²) in [5, 5.41) is 0. The standard InChI is InChI=1S/C8H10O2/c9-7-3-5-1-2-6(5)4-8(7)10/h5-6H,1-4H2. The maximum Gasteiger partial charge on any atom is 0.198 e. The zero-order chi connectivity index (χ0) is 7.14. The van der Waals surface area contributed by atoms with Gasteiger partial charge in [-0.15, -0.1) is 0 Å². The van der Waals surface area contributed by atoms with E-state index in [9.17, 15) is 9.59 Å². The second kappa shape index (κ2) is 1.91. The van der Waals surface area contributed by atoms with Gasteiger partial charge in [0, 0.05) is 12.8 Å². The Hall–Kier alpha value is -0.660. The largest absolute Gasteiger partial charge is 0.291 e. The second-order valence-corrected chi connectivity index (χ2v) is 3.35. The van der Waals surface area contributed by atoms with Crippen LogP contribution in [0.15, 0.2) is 0 Å². The lowest BCUT2D eigenvalue weighted by Crippen LogP contribution is -2.38. The molecule has 2 atom stereocenters. The van der Waals surface area contributed by atoms with E-state index in [2.05, 4.69) is 0 Å². The molecule has 0 heterocycles. The molecule has 2 saturated carbocycles. The molecular weight excluding hydrogens is 128 g/mol. The highest BCUT2D eigenvalue weighted by atomic mass is 16.2. The molecule has 0 aliphatic heterocycles. The molecule has 0 spiro atoms. The topological polar surface area (TPSA) is 34.1 Å². The molecule has 0 bridgehead atoms. The molecular formula is C8H10O2. The van der Waals surface area contributed by atoms with Gasteiger partial charge in [-0.3, -0.25) is 9.59 Å². The fourth-order valence-electron chi connectivity index (χ4n) is 1.88. The number of fused-ring (bicyclic) bond motifs is 1. The Morgan fingerprint density at radius 3 is 1.60 bits per heavy atom. The summed E-state index contributed by atoms with van der Waals surface area (Å²) in [6.07, 6.45) is 3.43. The molecule has 2 rings (SSSR count). The fraction of sp³-hybridized carbons (Fsp3) is 0.750. The van der Waals surface area contributed by atoms with Crippen LogP contribution in [0.25, 0.3) is 0 Å². The van der Waals surface area contributed by atoms with Crippen LogP contribution in [-0.2, 0) is 9.59 Å². The van der Waals surface area contributed by atoms with Gasteiger partial charge in [0.25, 0.3) is 0 Å². The summed E-state index contributed by atoms with van der Waals surface area (Å²) < 4.78 is 0. The average Bonchev–Trinajstić information content (AvgIpc) is 1.89. The molecule has 0 amide bonds. The number of carbonyl (C=O) groups excluding carboxylic acids is 2. The van der Waals surface area contributed by atoms with E-state index < -0.39 is 0 Å². The first kappa shape index (κ1) is 6.08. The molecule has 10 heavy (non-hydrogen) atoms. The van der Waals surface area contributed by atoms with Crippen LogP contribution in [-0.4, -0.2) is 11.6 Å². The van der Waals surface area contributed by atoms with Crippen molar-refractivity contribution < 1.29 is 9.59 Å². The Kier molecular flexibility index (Phi) is 1.16. The average molecular weight is 138 g/mol. The van der Waals surface area contributed by atoms with Crippen molar-refractivity contribution >= 4 is 11.6 Å². The van der Waals surface area contributed by atoms with Gasteiger partial charge in [0.05, 0.1) is 0 Å². The molecule has 2 nitrogen and oxygen atoms in total. The Balaban J connectivity index is 2.10. The van der Waals surface area contributed by atoms with Crippen LogP contribution in [0.3, 0.4) is 0 Å².